The molecule has 0 amide bonds. The standard InChI is InChI=1S/C17H21N3/c1-11-4-5-15(18)8-16(11)14-7-13-9-19-12(2)6-17(13)20(3)10-14/h4-6,8-10,12-13H,7,18H2,1-3H3. The first kappa shape index (κ1) is 13.0. The first-order valence-corrected chi connectivity index (χ1v) is 7.09. The number of nitrogens with zero attached hydrogens (tertiary/aromatic N) is 2. The molecule has 104 valence electrons. The Balaban J connectivity index is 2.00. The summed E-state index contributed by atoms with van der Waals surface area (Å²) in [4.78, 5) is 6.77. The number of rotatable bonds is 1. The van der Waals surface area contributed by atoms with Crippen LogP contribution in [0, 0.1) is 12.8 Å². The highest BCUT2D eigenvalue weighted by atomic mass is 15.1. The Morgan fingerprint density at radius 1 is 1.35 bits per heavy atom. The molecule has 2 atom stereocenters. The first-order valence-electron chi connectivity index (χ1n) is 7.09. The van der Waals surface area contributed by atoms with Crippen LogP contribution >= 0.6 is 0 Å². The van der Waals surface area contributed by atoms with Gasteiger partial charge >= 0.3 is 0 Å². The minimum atomic E-state index is 0.285. The lowest BCUT2D eigenvalue weighted by Gasteiger charge is -2.34. The molecular formula is C17H21N3. The van der Waals surface area contributed by atoms with Crippen LogP contribution in [0.4, 0.5) is 5.69 Å². The molecule has 3 heteroatoms. The van der Waals surface area contributed by atoms with E-state index in [-0.39, 0.29) is 6.04 Å². The molecule has 0 radical (unpaired) electrons. The van der Waals surface area contributed by atoms with Crippen molar-refractivity contribution in [2.45, 2.75) is 26.3 Å². The second-order valence-corrected chi connectivity index (χ2v) is 5.78. The fourth-order valence-corrected chi connectivity index (χ4v) is 3.03. The molecule has 0 bridgehead atoms. The van der Waals surface area contributed by atoms with Gasteiger partial charge in [0.05, 0.1) is 6.04 Å². The van der Waals surface area contributed by atoms with E-state index in [4.69, 9.17) is 5.73 Å². The number of allylic oxidation sites excluding steroid dienone is 2. The Labute approximate surface area is 120 Å². The normalized spacial score (nSPS) is 25.1. The molecule has 0 saturated heterocycles. The van der Waals surface area contributed by atoms with Gasteiger partial charge in [0.2, 0.25) is 0 Å². The van der Waals surface area contributed by atoms with E-state index in [1.165, 1.54) is 22.4 Å². The zero-order valence-corrected chi connectivity index (χ0v) is 12.3. The number of anilines is 1. The van der Waals surface area contributed by atoms with Gasteiger partial charge in [-0.15, -0.1) is 0 Å². The van der Waals surface area contributed by atoms with E-state index in [1.54, 1.807) is 0 Å². The van der Waals surface area contributed by atoms with Gasteiger partial charge in [0.25, 0.3) is 0 Å². The molecule has 3 nitrogen and oxygen atoms in total. The predicted octanol–water partition coefficient (Wildman–Crippen LogP) is 3.23. The lowest BCUT2D eigenvalue weighted by atomic mass is 9.86. The van der Waals surface area contributed by atoms with Crippen molar-refractivity contribution in [2.75, 3.05) is 12.8 Å². The van der Waals surface area contributed by atoms with E-state index in [0.717, 1.165) is 12.1 Å². The topological polar surface area (TPSA) is 41.6 Å². The van der Waals surface area contributed by atoms with Gasteiger partial charge in [0.1, 0.15) is 0 Å². The average molecular weight is 267 g/mol. The van der Waals surface area contributed by atoms with E-state index in [2.05, 4.69) is 61.4 Å². The number of dihydropyridines is 1. The molecule has 0 saturated carbocycles. The van der Waals surface area contributed by atoms with Gasteiger partial charge in [-0.3, -0.25) is 4.99 Å². The quantitative estimate of drug-likeness (QED) is 0.794. The van der Waals surface area contributed by atoms with E-state index >= 15 is 0 Å². The maximum atomic E-state index is 5.94. The Morgan fingerprint density at radius 2 is 2.15 bits per heavy atom. The molecule has 3 rings (SSSR count). The Hall–Kier alpha value is -2.03. The second kappa shape index (κ2) is 4.82. The third kappa shape index (κ3) is 2.24. The Bertz CT molecular complexity index is 625. The van der Waals surface area contributed by atoms with Gasteiger partial charge in [0, 0.05) is 36.8 Å². The van der Waals surface area contributed by atoms with Crippen molar-refractivity contribution >= 4 is 17.5 Å². The summed E-state index contributed by atoms with van der Waals surface area (Å²) in [5, 5.41) is 0. The van der Waals surface area contributed by atoms with E-state index in [1.807, 2.05) is 6.07 Å². The van der Waals surface area contributed by atoms with Gasteiger partial charge in [-0.05, 0) is 55.2 Å². The summed E-state index contributed by atoms with van der Waals surface area (Å²) in [6, 6.07) is 6.41. The van der Waals surface area contributed by atoms with Crippen LogP contribution in [-0.2, 0) is 0 Å². The molecule has 2 aliphatic rings. The van der Waals surface area contributed by atoms with Gasteiger partial charge < -0.3 is 10.6 Å². The molecule has 0 spiro atoms. The number of fused-ring (bicyclic) bond motifs is 1. The number of aliphatic imine (C=N–C) groups is 1. The van der Waals surface area contributed by atoms with Gasteiger partial charge in [-0.25, -0.2) is 0 Å². The summed E-state index contributed by atoms with van der Waals surface area (Å²) in [5.41, 5.74) is 12.0. The zero-order chi connectivity index (χ0) is 14.3. The third-order valence-corrected chi connectivity index (χ3v) is 4.10. The van der Waals surface area contributed by atoms with Crippen LogP contribution in [0.5, 0.6) is 0 Å². The fraction of sp³-hybridized carbons (Fsp3) is 0.353. The van der Waals surface area contributed by atoms with Crippen LogP contribution in [-0.4, -0.2) is 24.2 Å². The number of nitrogens with two attached hydrogens (primary N) is 1. The number of aryl methyl sites for hydroxylation is 1. The molecule has 2 heterocycles. The summed E-state index contributed by atoms with van der Waals surface area (Å²) < 4.78 is 0. The smallest absolute Gasteiger partial charge is 0.0667 e. The van der Waals surface area contributed by atoms with E-state index < -0.39 is 0 Å². The van der Waals surface area contributed by atoms with Gasteiger partial charge in [-0.1, -0.05) is 6.07 Å². The van der Waals surface area contributed by atoms with Crippen LogP contribution < -0.4 is 5.73 Å². The van der Waals surface area contributed by atoms with Crippen LogP contribution in [0.15, 0.2) is 41.2 Å². The molecular weight excluding hydrogens is 246 g/mol. The number of hydrogen-bond donors (Lipinski definition) is 1. The van der Waals surface area contributed by atoms with Crippen molar-refractivity contribution in [3.63, 3.8) is 0 Å². The summed E-state index contributed by atoms with van der Waals surface area (Å²) in [7, 11) is 2.12. The first-order chi connectivity index (χ1) is 9.54. The Morgan fingerprint density at radius 3 is 2.95 bits per heavy atom. The maximum absolute atomic E-state index is 5.94. The van der Waals surface area contributed by atoms with Crippen molar-refractivity contribution in [3.8, 4) is 0 Å². The second-order valence-electron chi connectivity index (χ2n) is 5.78. The van der Waals surface area contributed by atoms with E-state index in [0.29, 0.717) is 5.92 Å². The summed E-state index contributed by atoms with van der Waals surface area (Å²) in [6.45, 7) is 4.26. The van der Waals surface area contributed by atoms with E-state index in [9.17, 15) is 0 Å². The van der Waals surface area contributed by atoms with Crippen molar-refractivity contribution in [1.29, 1.82) is 0 Å². The predicted molar refractivity (Wildman–Crippen MR) is 85.5 cm³/mol. The molecule has 0 aliphatic carbocycles. The van der Waals surface area contributed by atoms with Crippen molar-refractivity contribution in [1.82, 2.24) is 4.90 Å². The zero-order valence-electron chi connectivity index (χ0n) is 12.3. The van der Waals surface area contributed by atoms with Crippen molar-refractivity contribution in [2.24, 2.45) is 10.9 Å². The minimum absolute atomic E-state index is 0.285. The van der Waals surface area contributed by atoms with Gasteiger partial charge in [-0.2, -0.15) is 0 Å². The monoisotopic (exact) mass is 267 g/mol. The summed E-state index contributed by atoms with van der Waals surface area (Å²) in [5.74, 6) is 0.386. The fourth-order valence-electron chi connectivity index (χ4n) is 3.03. The molecule has 20 heavy (non-hydrogen) atoms. The molecule has 1 aromatic carbocycles. The largest absolute Gasteiger partial charge is 0.399 e. The van der Waals surface area contributed by atoms with Crippen molar-refractivity contribution < 1.29 is 0 Å². The highest BCUT2D eigenvalue weighted by Crippen LogP contribution is 2.36. The lowest BCUT2D eigenvalue weighted by molar-refractivity contribution is 0.479. The van der Waals surface area contributed by atoms with Crippen LogP contribution in [0.2, 0.25) is 0 Å². The summed E-state index contributed by atoms with van der Waals surface area (Å²) in [6.07, 6.45) is 7.59. The molecule has 2 N–H and O–H groups in total. The van der Waals surface area contributed by atoms with Crippen LogP contribution in [0.1, 0.15) is 24.5 Å². The van der Waals surface area contributed by atoms with Gasteiger partial charge in [0.15, 0.2) is 0 Å². The third-order valence-electron chi connectivity index (χ3n) is 4.10. The Kier molecular flexibility index (Phi) is 3.13. The number of hydrogen-bond acceptors (Lipinski definition) is 3. The molecule has 1 aromatic rings. The highest BCUT2D eigenvalue weighted by Gasteiger charge is 2.26. The minimum Gasteiger partial charge on any atom is -0.399 e. The van der Waals surface area contributed by atoms with Crippen LogP contribution in [0.3, 0.4) is 0 Å². The molecule has 2 aliphatic heterocycles. The highest BCUT2D eigenvalue weighted by molar-refractivity contribution is 5.78. The van der Waals surface area contributed by atoms with Crippen LogP contribution in [0.25, 0.3) is 5.57 Å². The summed E-state index contributed by atoms with van der Waals surface area (Å²) >= 11 is 0. The molecule has 0 fully saturated rings. The maximum Gasteiger partial charge on any atom is 0.0667 e. The average Bonchev–Trinajstić information content (AvgIpc) is 2.42. The SMILES string of the molecule is Cc1ccc(N)cc1C1=CN(C)C2=CC(C)N=CC2C1. The van der Waals surface area contributed by atoms with Crippen molar-refractivity contribution in [3.05, 3.63) is 47.3 Å². The lowest BCUT2D eigenvalue weighted by Crippen LogP contribution is -2.28. The molecule has 2 unspecified atom stereocenters. The number of nitrogen functional groups attached to an aromatic ring is 1. The molecule has 0 aromatic heterocycles. The number of benzene rings is 1.